The molecule has 2 aromatic rings. The number of carbonyl (C=O) groups is 2. The van der Waals surface area contributed by atoms with Crippen molar-refractivity contribution in [2.75, 3.05) is 0 Å². The van der Waals surface area contributed by atoms with E-state index in [1.165, 1.54) is 22.9 Å². The third-order valence-corrected chi connectivity index (χ3v) is 3.38. The van der Waals surface area contributed by atoms with Gasteiger partial charge < -0.3 is 0 Å². The zero-order valence-corrected chi connectivity index (χ0v) is 13.6. The van der Waals surface area contributed by atoms with Gasteiger partial charge in [-0.25, -0.2) is 4.39 Å². The van der Waals surface area contributed by atoms with E-state index in [0.29, 0.717) is 4.47 Å². The lowest BCUT2D eigenvalue weighted by Crippen LogP contribution is -2.43. The maximum Gasteiger partial charge on any atom is 0.272 e. The summed E-state index contributed by atoms with van der Waals surface area (Å²) in [5, 5.41) is 4.14. The lowest BCUT2D eigenvalue weighted by Gasteiger charge is -2.09. The van der Waals surface area contributed by atoms with Crippen LogP contribution >= 0.6 is 15.9 Å². The zero-order valence-electron chi connectivity index (χ0n) is 12.0. The number of hydrogen-bond donors (Lipinski definition) is 2. The lowest BCUT2D eigenvalue weighted by atomic mass is 10.2. The summed E-state index contributed by atoms with van der Waals surface area (Å²) < 4.78 is 15.6. The summed E-state index contributed by atoms with van der Waals surface area (Å²) in [6.45, 7) is 3.60. The molecule has 0 saturated heterocycles. The summed E-state index contributed by atoms with van der Waals surface area (Å²) in [5.41, 5.74) is 5.87. The number of rotatable bonds is 3. The minimum absolute atomic E-state index is 0.0389. The van der Waals surface area contributed by atoms with E-state index in [4.69, 9.17) is 0 Å². The fourth-order valence-corrected chi connectivity index (χ4v) is 2.21. The van der Waals surface area contributed by atoms with Gasteiger partial charge in [0.1, 0.15) is 12.4 Å². The third kappa shape index (κ3) is 3.91. The maximum absolute atomic E-state index is 13.6. The molecule has 0 saturated carbocycles. The number of nitrogens with one attached hydrogen (secondary N) is 2. The smallest absolute Gasteiger partial charge is 0.271 e. The van der Waals surface area contributed by atoms with E-state index >= 15 is 0 Å². The molecule has 1 aromatic carbocycles. The lowest BCUT2D eigenvalue weighted by molar-refractivity contribution is -0.122. The third-order valence-electron chi connectivity index (χ3n) is 2.89. The molecule has 116 valence electrons. The van der Waals surface area contributed by atoms with Crippen molar-refractivity contribution < 1.29 is 14.0 Å². The average molecular weight is 369 g/mol. The summed E-state index contributed by atoms with van der Waals surface area (Å²) in [4.78, 5) is 23.6. The van der Waals surface area contributed by atoms with Crippen molar-refractivity contribution in [2.24, 2.45) is 0 Å². The molecule has 2 N–H and O–H groups in total. The number of hydrazine groups is 1. The highest BCUT2D eigenvalue weighted by molar-refractivity contribution is 9.10. The second-order valence-electron chi connectivity index (χ2n) is 4.71. The Bertz CT molecular complexity index is 730. The van der Waals surface area contributed by atoms with Crippen molar-refractivity contribution in [1.82, 2.24) is 20.6 Å². The van der Waals surface area contributed by atoms with Crippen LogP contribution in [0, 0.1) is 19.7 Å². The highest BCUT2D eigenvalue weighted by atomic mass is 79.9. The van der Waals surface area contributed by atoms with Gasteiger partial charge in [0, 0.05) is 10.2 Å². The largest absolute Gasteiger partial charge is 0.272 e. The SMILES string of the molecule is Cc1cc(C)n(CC(=O)NNC(=O)c2ccc(Br)cc2F)n1. The van der Waals surface area contributed by atoms with E-state index in [0.717, 1.165) is 11.4 Å². The van der Waals surface area contributed by atoms with Gasteiger partial charge in [0.15, 0.2) is 0 Å². The molecule has 1 heterocycles. The number of benzene rings is 1. The summed E-state index contributed by atoms with van der Waals surface area (Å²) >= 11 is 3.10. The van der Waals surface area contributed by atoms with E-state index in [2.05, 4.69) is 31.9 Å². The van der Waals surface area contributed by atoms with Gasteiger partial charge in [-0.15, -0.1) is 0 Å². The normalized spacial score (nSPS) is 10.4. The van der Waals surface area contributed by atoms with Gasteiger partial charge >= 0.3 is 0 Å². The molecule has 6 nitrogen and oxygen atoms in total. The van der Waals surface area contributed by atoms with Gasteiger partial charge in [-0.2, -0.15) is 5.10 Å². The minimum atomic E-state index is -0.730. The van der Waals surface area contributed by atoms with Gasteiger partial charge in [0.05, 0.1) is 11.3 Å². The van der Waals surface area contributed by atoms with Gasteiger partial charge in [-0.1, -0.05) is 15.9 Å². The summed E-state index contributed by atoms with van der Waals surface area (Å²) in [6.07, 6.45) is 0. The van der Waals surface area contributed by atoms with E-state index in [1.807, 2.05) is 19.9 Å². The van der Waals surface area contributed by atoms with Crippen molar-refractivity contribution in [3.8, 4) is 0 Å². The molecule has 0 aliphatic carbocycles. The first-order valence-corrected chi connectivity index (χ1v) is 7.21. The molecule has 1 aromatic heterocycles. The summed E-state index contributed by atoms with van der Waals surface area (Å²) in [7, 11) is 0. The van der Waals surface area contributed by atoms with Crippen molar-refractivity contribution in [3.05, 3.63) is 51.5 Å². The fraction of sp³-hybridized carbons (Fsp3) is 0.214. The van der Waals surface area contributed by atoms with Gasteiger partial charge in [-0.05, 0) is 38.1 Å². The number of carbonyl (C=O) groups excluding carboxylic acids is 2. The highest BCUT2D eigenvalue weighted by Gasteiger charge is 2.13. The Hall–Kier alpha value is -2.22. The molecule has 0 aliphatic heterocycles. The molecule has 2 amide bonds. The van der Waals surface area contributed by atoms with Crippen LogP contribution in [0.4, 0.5) is 4.39 Å². The zero-order chi connectivity index (χ0) is 16.3. The second-order valence-corrected chi connectivity index (χ2v) is 5.63. The number of nitrogens with zero attached hydrogens (tertiary/aromatic N) is 2. The molecule has 22 heavy (non-hydrogen) atoms. The maximum atomic E-state index is 13.6. The molecule has 0 atom stereocenters. The molecular formula is C14H14BrFN4O2. The number of aryl methyl sites for hydroxylation is 2. The van der Waals surface area contributed by atoms with Crippen molar-refractivity contribution in [1.29, 1.82) is 0 Å². The van der Waals surface area contributed by atoms with Gasteiger partial charge in [-0.3, -0.25) is 25.1 Å². The van der Waals surface area contributed by atoms with Gasteiger partial charge in [0.2, 0.25) is 0 Å². The summed E-state index contributed by atoms with van der Waals surface area (Å²) in [6, 6.07) is 5.87. The van der Waals surface area contributed by atoms with Crippen LogP contribution in [0.1, 0.15) is 21.7 Å². The van der Waals surface area contributed by atoms with Crippen molar-refractivity contribution in [2.45, 2.75) is 20.4 Å². The van der Waals surface area contributed by atoms with Crippen LogP contribution in [0.5, 0.6) is 0 Å². The first-order chi connectivity index (χ1) is 10.4. The molecule has 8 heteroatoms. The Balaban J connectivity index is 1.93. The monoisotopic (exact) mass is 368 g/mol. The Morgan fingerprint density at radius 3 is 2.59 bits per heavy atom. The molecule has 2 rings (SSSR count). The van der Waals surface area contributed by atoms with E-state index in [9.17, 15) is 14.0 Å². The van der Waals surface area contributed by atoms with Crippen LogP contribution in [0.3, 0.4) is 0 Å². The second kappa shape index (κ2) is 6.69. The van der Waals surface area contributed by atoms with Crippen LogP contribution in [0.2, 0.25) is 0 Å². The predicted molar refractivity (Wildman–Crippen MR) is 81.4 cm³/mol. The molecule has 0 unspecified atom stereocenters. The number of hydrogen-bond acceptors (Lipinski definition) is 3. The number of halogens is 2. The molecule has 0 spiro atoms. The molecule has 0 aliphatic rings. The van der Waals surface area contributed by atoms with Crippen LogP contribution in [-0.2, 0) is 11.3 Å². The molecule has 0 radical (unpaired) electrons. The molecular weight excluding hydrogens is 355 g/mol. The molecule has 0 fully saturated rings. The number of amides is 2. The first-order valence-electron chi connectivity index (χ1n) is 6.42. The topological polar surface area (TPSA) is 76.0 Å². The highest BCUT2D eigenvalue weighted by Crippen LogP contribution is 2.14. The predicted octanol–water partition coefficient (Wildman–Crippen LogP) is 1.86. The number of aromatic nitrogens is 2. The van der Waals surface area contributed by atoms with Crippen LogP contribution in [0.15, 0.2) is 28.7 Å². The Labute approximate surface area is 134 Å². The van der Waals surface area contributed by atoms with E-state index < -0.39 is 17.6 Å². The first kappa shape index (κ1) is 16.2. The standard InChI is InChI=1S/C14H14BrFN4O2/c1-8-5-9(2)20(19-8)7-13(21)17-18-14(22)11-4-3-10(15)6-12(11)16/h3-6H,7H2,1-2H3,(H,17,21)(H,18,22). The molecule has 0 bridgehead atoms. The Morgan fingerprint density at radius 1 is 1.27 bits per heavy atom. The van der Waals surface area contributed by atoms with Crippen molar-refractivity contribution >= 4 is 27.7 Å². The Morgan fingerprint density at radius 2 is 2.00 bits per heavy atom. The minimum Gasteiger partial charge on any atom is -0.271 e. The van der Waals surface area contributed by atoms with E-state index in [-0.39, 0.29) is 12.1 Å². The average Bonchev–Trinajstić information content (AvgIpc) is 2.74. The van der Waals surface area contributed by atoms with E-state index in [1.54, 1.807) is 0 Å². The van der Waals surface area contributed by atoms with Crippen LogP contribution in [0.25, 0.3) is 0 Å². The van der Waals surface area contributed by atoms with Crippen molar-refractivity contribution in [3.63, 3.8) is 0 Å². The van der Waals surface area contributed by atoms with Crippen LogP contribution < -0.4 is 10.9 Å². The van der Waals surface area contributed by atoms with Crippen LogP contribution in [-0.4, -0.2) is 21.6 Å². The quantitative estimate of drug-likeness (QED) is 0.811. The fourth-order valence-electron chi connectivity index (χ4n) is 1.88. The summed E-state index contributed by atoms with van der Waals surface area (Å²) in [5.74, 6) is -1.87. The Kier molecular flexibility index (Phi) is 4.92. The van der Waals surface area contributed by atoms with Gasteiger partial charge in [0.25, 0.3) is 11.8 Å².